The third-order valence-corrected chi connectivity index (χ3v) is 4.56. The maximum Gasteiger partial charge on any atom is 0.191 e. The predicted molar refractivity (Wildman–Crippen MR) is 57.6 cm³/mol. The van der Waals surface area contributed by atoms with Crippen molar-refractivity contribution in [2.75, 3.05) is 0 Å². The number of carbonyl (C=O) groups is 1. The molecule has 1 aliphatic carbocycles. The summed E-state index contributed by atoms with van der Waals surface area (Å²) in [5.41, 5.74) is 0. The smallest absolute Gasteiger partial charge is 0.191 e. The lowest BCUT2D eigenvalue weighted by Crippen LogP contribution is -2.35. The van der Waals surface area contributed by atoms with E-state index in [0.29, 0.717) is 0 Å². The Morgan fingerprint density at radius 1 is 1.12 bits per heavy atom. The first-order chi connectivity index (χ1) is 7.53. The van der Waals surface area contributed by atoms with Crippen molar-refractivity contribution in [3.8, 4) is 0 Å². The Kier molecular flexibility index (Phi) is 2.65. The lowest BCUT2D eigenvalue weighted by atomic mass is 10.3. The fraction of sp³-hybridized carbons (Fsp3) is 0.182. The van der Waals surface area contributed by atoms with Gasteiger partial charge in [-0.05, 0) is 18.2 Å². The van der Waals surface area contributed by atoms with Crippen LogP contribution in [0.1, 0.15) is 0 Å². The number of aliphatic hydroxyl groups is 1. The number of ketones is 1. The molecule has 84 valence electrons. The van der Waals surface area contributed by atoms with E-state index in [-0.39, 0.29) is 4.90 Å². The van der Waals surface area contributed by atoms with Crippen LogP contribution in [-0.2, 0) is 14.6 Å². The van der Waals surface area contributed by atoms with Crippen molar-refractivity contribution in [3.05, 3.63) is 42.5 Å². The van der Waals surface area contributed by atoms with Gasteiger partial charge in [0.15, 0.2) is 20.9 Å². The Morgan fingerprint density at radius 3 is 2.25 bits per heavy atom. The highest BCUT2D eigenvalue weighted by Gasteiger charge is 2.40. The number of sulfone groups is 1. The molecule has 0 spiro atoms. The standard InChI is InChI=1S/C11H10O4S/c12-9-6-7-10(13)11(9)16(14,15)8-4-2-1-3-5-8/h1-7,9,11-12H/t9-,11+/m1/s1. The first-order valence-corrected chi connectivity index (χ1v) is 6.27. The van der Waals surface area contributed by atoms with Crippen molar-refractivity contribution in [2.24, 2.45) is 0 Å². The zero-order valence-corrected chi connectivity index (χ0v) is 9.09. The highest BCUT2D eigenvalue weighted by atomic mass is 32.2. The van der Waals surface area contributed by atoms with Gasteiger partial charge in [0.25, 0.3) is 0 Å². The van der Waals surface area contributed by atoms with Crippen molar-refractivity contribution in [2.45, 2.75) is 16.2 Å². The topological polar surface area (TPSA) is 71.4 Å². The average molecular weight is 238 g/mol. The van der Waals surface area contributed by atoms with Crippen molar-refractivity contribution in [3.63, 3.8) is 0 Å². The molecule has 4 nitrogen and oxygen atoms in total. The SMILES string of the molecule is O=C1C=C[C@@H](O)[C@@H]1S(=O)(=O)c1ccccc1. The molecule has 0 unspecified atom stereocenters. The highest BCUT2D eigenvalue weighted by Crippen LogP contribution is 2.23. The van der Waals surface area contributed by atoms with Crippen molar-refractivity contribution in [1.82, 2.24) is 0 Å². The molecule has 0 heterocycles. The molecular formula is C11H10O4S. The molecule has 0 radical (unpaired) electrons. The van der Waals surface area contributed by atoms with Crippen LogP contribution in [0.4, 0.5) is 0 Å². The van der Waals surface area contributed by atoms with Gasteiger partial charge in [0.2, 0.25) is 0 Å². The van der Waals surface area contributed by atoms with Gasteiger partial charge in [-0.3, -0.25) is 4.79 Å². The van der Waals surface area contributed by atoms with Crippen LogP contribution in [0.15, 0.2) is 47.4 Å². The number of benzene rings is 1. The Hall–Kier alpha value is -1.46. The lowest BCUT2D eigenvalue weighted by Gasteiger charge is -2.13. The van der Waals surface area contributed by atoms with Gasteiger partial charge >= 0.3 is 0 Å². The highest BCUT2D eigenvalue weighted by molar-refractivity contribution is 7.93. The second kappa shape index (κ2) is 3.84. The summed E-state index contributed by atoms with van der Waals surface area (Å²) in [6, 6.07) is 7.66. The van der Waals surface area contributed by atoms with E-state index in [2.05, 4.69) is 0 Å². The first-order valence-electron chi connectivity index (χ1n) is 4.72. The monoisotopic (exact) mass is 238 g/mol. The summed E-state index contributed by atoms with van der Waals surface area (Å²) in [6.45, 7) is 0. The number of hydrogen-bond donors (Lipinski definition) is 1. The van der Waals surface area contributed by atoms with Crippen LogP contribution in [0, 0.1) is 0 Å². The van der Waals surface area contributed by atoms with Crippen LogP contribution in [0.2, 0.25) is 0 Å². The maximum absolute atomic E-state index is 12.0. The van der Waals surface area contributed by atoms with Crippen LogP contribution in [0.25, 0.3) is 0 Å². The van der Waals surface area contributed by atoms with Gasteiger partial charge in [0.1, 0.15) is 0 Å². The van der Waals surface area contributed by atoms with E-state index in [1.54, 1.807) is 18.2 Å². The van der Waals surface area contributed by atoms with E-state index in [0.717, 1.165) is 6.08 Å². The van der Waals surface area contributed by atoms with Gasteiger partial charge in [-0.1, -0.05) is 24.3 Å². The van der Waals surface area contributed by atoms with Gasteiger partial charge in [-0.2, -0.15) is 0 Å². The van der Waals surface area contributed by atoms with Crippen LogP contribution < -0.4 is 0 Å². The molecule has 0 aliphatic heterocycles. The van der Waals surface area contributed by atoms with Crippen LogP contribution in [0.3, 0.4) is 0 Å². The van der Waals surface area contributed by atoms with Gasteiger partial charge in [0, 0.05) is 0 Å². The van der Waals surface area contributed by atoms with E-state index in [1.165, 1.54) is 18.2 Å². The quantitative estimate of drug-likeness (QED) is 0.806. The molecule has 1 aliphatic rings. The van der Waals surface area contributed by atoms with Gasteiger partial charge < -0.3 is 5.11 Å². The number of hydrogen-bond acceptors (Lipinski definition) is 4. The van der Waals surface area contributed by atoms with Crippen molar-refractivity contribution >= 4 is 15.6 Å². The minimum absolute atomic E-state index is 0.0519. The molecule has 0 saturated heterocycles. The molecule has 5 heteroatoms. The molecule has 2 atom stereocenters. The fourth-order valence-electron chi connectivity index (χ4n) is 1.65. The molecule has 1 aromatic carbocycles. The summed E-state index contributed by atoms with van der Waals surface area (Å²) in [6.07, 6.45) is 1.06. The van der Waals surface area contributed by atoms with E-state index in [1.807, 2.05) is 0 Å². The predicted octanol–water partition coefficient (Wildman–Crippen LogP) is 0.329. The number of aliphatic hydroxyl groups excluding tert-OH is 1. The molecule has 0 amide bonds. The minimum atomic E-state index is -3.80. The lowest BCUT2D eigenvalue weighted by molar-refractivity contribution is -0.114. The maximum atomic E-state index is 12.0. The molecule has 1 aromatic rings. The molecule has 1 N–H and O–H groups in total. The zero-order valence-electron chi connectivity index (χ0n) is 8.28. The number of allylic oxidation sites excluding steroid dienone is 1. The van der Waals surface area contributed by atoms with E-state index in [9.17, 15) is 18.3 Å². The summed E-state index contributed by atoms with van der Waals surface area (Å²) < 4.78 is 24.1. The third kappa shape index (κ3) is 1.68. The van der Waals surface area contributed by atoms with Crippen molar-refractivity contribution in [1.29, 1.82) is 0 Å². The molecule has 2 rings (SSSR count). The van der Waals surface area contributed by atoms with Crippen LogP contribution in [0.5, 0.6) is 0 Å². The molecule has 16 heavy (non-hydrogen) atoms. The third-order valence-electron chi connectivity index (χ3n) is 2.45. The van der Waals surface area contributed by atoms with Gasteiger partial charge in [0.05, 0.1) is 11.0 Å². The van der Waals surface area contributed by atoms with Crippen LogP contribution >= 0.6 is 0 Å². The van der Waals surface area contributed by atoms with Gasteiger partial charge in [-0.15, -0.1) is 0 Å². The summed E-state index contributed by atoms with van der Waals surface area (Å²) in [4.78, 5) is 11.4. The second-order valence-corrected chi connectivity index (χ2v) is 5.60. The zero-order chi connectivity index (χ0) is 11.8. The second-order valence-electron chi connectivity index (χ2n) is 3.53. The normalized spacial score (nSPS) is 24.9. The van der Waals surface area contributed by atoms with E-state index in [4.69, 9.17) is 0 Å². The van der Waals surface area contributed by atoms with E-state index < -0.39 is 27.0 Å². The average Bonchev–Trinajstić information content (AvgIpc) is 2.60. The Bertz CT molecular complexity index is 530. The summed E-state index contributed by atoms with van der Waals surface area (Å²) in [7, 11) is -3.80. The number of rotatable bonds is 2. The summed E-state index contributed by atoms with van der Waals surface area (Å²) in [5.74, 6) is -0.573. The Labute approximate surface area is 93.1 Å². The summed E-state index contributed by atoms with van der Waals surface area (Å²) >= 11 is 0. The Balaban J connectivity index is 2.45. The number of carbonyl (C=O) groups excluding carboxylic acids is 1. The first kappa shape index (κ1) is 11.0. The fourth-order valence-corrected chi connectivity index (χ4v) is 3.32. The molecule has 0 fully saturated rings. The molecular weight excluding hydrogens is 228 g/mol. The van der Waals surface area contributed by atoms with Crippen LogP contribution in [-0.4, -0.2) is 30.7 Å². The van der Waals surface area contributed by atoms with Gasteiger partial charge in [-0.25, -0.2) is 8.42 Å². The molecule has 0 aromatic heterocycles. The summed E-state index contributed by atoms with van der Waals surface area (Å²) in [5, 5.41) is 8.08. The van der Waals surface area contributed by atoms with Crippen molar-refractivity contribution < 1.29 is 18.3 Å². The largest absolute Gasteiger partial charge is 0.387 e. The molecule has 0 bridgehead atoms. The minimum Gasteiger partial charge on any atom is -0.387 e. The van der Waals surface area contributed by atoms with E-state index >= 15 is 0 Å². The Morgan fingerprint density at radius 2 is 1.75 bits per heavy atom. The molecule has 0 saturated carbocycles.